The van der Waals surface area contributed by atoms with Crippen molar-refractivity contribution in [2.75, 3.05) is 13.1 Å². The van der Waals surface area contributed by atoms with Crippen molar-refractivity contribution < 1.29 is 19.4 Å². The molecule has 5 aromatic rings. The van der Waals surface area contributed by atoms with Crippen LogP contribution in [0.25, 0.3) is 44.7 Å². The van der Waals surface area contributed by atoms with E-state index in [2.05, 4.69) is 104 Å². The van der Waals surface area contributed by atoms with E-state index in [-0.39, 0.29) is 23.5 Å². The minimum atomic E-state index is -0.915. The van der Waals surface area contributed by atoms with E-state index in [0.717, 1.165) is 51.3 Å². The average molecular weight is 704 g/mol. The van der Waals surface area contributed by atoms with Gasteiger partial charge in [-0.1, -0.05) is 83.1 Å². The first kappa shape index (κ1) is 35.2. The molecule has 7 rings (SSSR count). The molecule has 2 saturated heterocycles. The quantitative estimate of drug-likeness (QED) is 0.166. The largest absolute Gasteiger partial charge is 0.465 e. The molecule has 272 valence electrons. The van der Waals surface area contributed by atoms with Crippen molar-refractivity contribution in [1.29, 1.82) is 0 Å². The summed E-state index contributed by atoms with van der Waals surface area (Å²) >= 11 is 0. The topological polar surface area (TPSA) is 140 Å². The fraction of sp³-hybridized carbons (Fsp3) is 0.439. The van der Waals surface area contributed by atoms with Crippen LogP contribution in [-0.4, -0.2) is 70.7 Å². The zero-order valence-electron chi connectivity index (χ0n) is 31.3. The lowest BCUT2D eigenvalue weighted by Crippen LogP contribution is -2.53. The van der Waals surface area contributed by atoms with Gasteiger partial charge in [-0.2, -0.15) is 0 Å². The van der Waals surface area contributed by atoms with Crippen LogP contribution in [0.5, 0.6) is 0 Å². The van der Waals surface area contributed by atoms with Crippen molar-refractivity contribution in [1.82, 2.24) is 34.7 Å². The number of benzene rings is 2. The van der Waals surface area contributed by atoms with E-state index in [1.165, 1.54) is 0 Å². The van der Waals surface area contributed by atoms with Crippen molar-refractivity contribution in [3.63, 3.8) is 0 Å². The summed E-state index contributed by atoms with van der Waals surface area (Å²) in [5, 5.41) is 10.1. The van der Waals surface area contributed by atoms with E-state index in [4.69, 9.17) is 14.7 Å². The Hall–Kier alpha value is -5.19. The summed E-state index contributed by atoms with van der Waals surface area (Å²) in [6, 6.07) is 18.6. The van der Waals surface area contributed by atoms with Crippen molar-refractivity contribution in [2.45, 2.75) is 85.4 Å². The third-order valence-electron chi connectivity index (χ3n) is 10.6. The fourth-order valence-corrected chi connectivity index (χ4v) is 8.12. The van der Waals surface area contributed by atoms with E-state index >= 15 is 0 Å². The molecule has 0 saturated carbocycles. The molecular weight excluding hydrogens is 654 g/mol. The summed E-state index contributed by atoms with van der Waals surface area (Å²) in [6.45, 7) is 17.3. The summed E-state index contributed by atoms with van der Waals surface area (Å²) in [5.41, 5.74) is 5.78. The van der Waals surface area contributed by atoms with Gasteiger partial charge >= 0.3 is 12.2 Å². The van der Waals surface area contributed by atoms with E-state index in [0.29, 0.717) is 36.9 Å². The van der Waals surface area contributed by atoms with E-state index < -0.39 is 17.2 Å². The van der Waals surface area contributed by atoms with Gasteiger partial charge in [-0.3, -0.25) is 9.80 Å². The number of hydrogen-bond donors (Lipinski definition) is 3. The van der Waals surface area contributed by atoms with Crippen LogP contribution in [0.15, 0.2) is 67.0 Å². The first-order valence-electron chi connectivity index (χ1n) is 18.1. The highest BCUT2D eigenvalue weighted by Gasteiger charge is 2.57. The number of nitrogens with zero attached hydrogens (tertiary/aromatic N) is 5. The Balaban J connectivity index is 1.08. The molecule has 0 radical (unpaired) electrons. The maximum Gasteiger partial charge on any atom is 0.410 e. The number of nitrogens with one attached hydrogen (secondary N) is 2. The number of amides is 2. The first-order chi connectivity index (χ1) is 24.5. The van der Waals surface area contributed by atoms with Gasteiger partial charge in [0.2, 0.25) is 0 Å². The molecule has 2 aromatic carbocycles. The van der Waals surface area contributed by atoms with Crippen molar-refractivity contribution in [2.24, 2.45) is 17.3 Å². The monoisotopic (exact) mass is 703 g/mol. The second-order valence-electron chi connectivity index (χ2n) is 16.8. The van der Waals surface area contributed by atoms with Crippen LogP contribution in [-0.2, 0) is 10.3 Å². The number of pyridine rings is 1. The van der Waals surface area contributed by atoms with Crippen molar-refractivity contribution in [3.8, 4) is 33.5 Å². The first-order valence-corrected chi connectivity index (χ1v) is 18.1. The number of rotatable bonds is 5. The molecule has 2 aliphatic rings. The highest BCUT2D eigenvalue weighted by atomic mass is 16.6. The SMILES string of the molecule is C[C@@H]1CN(C(=O)O)[C@](c2ncc(-c3ccc(-c4ccc(-c5cnc6nc([C@@H]7C[C@H](C)CN7C(=O)OC(C)(C)C)[nH]c6c5)cc4)cc3)[nH]2)(C(C)(C)C)C1. The molecule has 11 heteroatoms. The van der Waals surface area contributed by atoms with Gasteiger partial charge in [-0.15, -0.1) is 0 Å². The van der Waals surface area contributed by atoms with Crippen LogP contribution >= 0.6 is 0 Å². The molecule has 2 aliphatic heterocycles. The number of ether oxygens (including phenoxy) is 1. The van der Waals surface area contributed by atoms with Gasteiger partial charge in [-0.25, -0.2) is 24.5 Å². The number of aromatic nitrogens is 5. The Morgan fingerprint density at radius 1 is 0.827 bits per heavy atom. The maximum atomic E-state index is 13.0. The van der Waals surface area contributed by atoms with Gasteiger partial charge in [0, 0.05) is 24.8 Å². The van der Waals surface area contributed by atoms with Crippen molar-refractivity contribution in [3.05, 3.63) is 78.6 Å². The summed E-state index contributed by atoms with van der Waals surface area (Å²) in [7, 11) is 0. The number of likely N-dealkylation sites (tertiary alicyclic amines) is 2. The molecule has 2 amide bonds. The maximum absolute atomic E-state index is 13.0. The van der Waals surface area contributed by atoms with Crippen LogP contribution in [0.4, 0.5) is 9.59 Å². The van der Waals surface area contributed by atoms with Crippen LogP contribution in [0.3, 0.4) is 0 Å². The second-order valence-corrected chi connectivity index (χ2v) is 16.8. The van der Waals surface area contributed by atoms with Crippen LogP contribution in [0.2, 0.25) is 0 Å². The number of carboxylic acid groups (broad SMARTS) is 1. The minimum Gasteiger partial charge on any atom is -0.465 e. The number of H-pyrrole nitrogens is 2. The van der Waals surface area contributed by atoms with Gasteiger partial charge < -0.3 is 19.8 Å². The summed E-state index contributed by atoms with van der Waals surface area (Å²) in [4.78, 5) is 49.9. The van der Waals surface area contributed by atoms with Crippen LogP contribution in [0, 0.1) is 17.3 Å². The fourth-order valence-electron chi connectivity index (χ4n) is 8.12. The van der Waals surface area contributed by atoms with Gasteiger partial charge in [-0.05, 0) is 79.2 Å². The second kappa shape index (κ2) is 12.8. The van der Waals surface area contributed by atoms with Crippen LogP contribution in [0.1, 0.15) is 85.9 Å². The zero-order chi connectivity index (χ0) is 37.2. The van der Waals surface area contributed by atoms with E-state index in [9.17, 15) is 14.7 Å². The minimum absolute atomic E-state index is 0.193. The molecule has 0 bridgehead atoms. The third kappa shape index (κ3) is 6.41. The lowest BCUT2D eigenvalue weighted by molar-refractivity contribution is 0.0211. The molecule has 0 spiro atoms. The summed E-state index contributed by atoms with van der Waals surface area (Å²) < 4.78 is 5.69. The van der Waals surface area contributed by atoms with Crippen molar-refractivity contribution >= 4 is 23.4 Å². The Kier molecular flexibility index (Phi) is 8.66. The Bertz CT molecular complexity index is 2110. The number of fused-ring (bicyclic) bond motifs is 1. The number of aromatic amines is 2. The van der Waals surface area contributed by atoms with Gasteiger partial charge in [0.1, 0.15) is 22.8 Å². The zero-order valence-corrected chi connectivity index (χ0v) is 31.3. The highest BCUT2D eigenvalue weighted by molar-refractivity contribution is 5.80. The van der Waals surface area contributed by atoms with Crippen LogP contribution < -0.4 is 0 Å². The molecule has 3 N–H and O–H groups in total. The standard InChI is InChI=1S/C41H49N7O4/c1-24-17-33(47(22-24)38(51)52-40(6,7)8)35-44-31-18-30(20-42-34(31)46-35)28-11-9-26(10-12-28)27-13-15-29(16-14-27)32-21-43-36(45-32)41(39(3,4)5)19-25(2)23-48(41)37(49)50/h9-16,18,20-21,24-25,33H,17,19,22-23H2,1-8H3,(H,43,45)(H,49,50)(H,42,44,46)/t24-,25-,33-,41+/m0/s1. The summed E-state index contributed by atoms with van der Waals surface area (Å²) in [5.74, 6) is 1.98. The Morgan fingerprint density at radius 2 is 1.44 bits per heavy atom. The van der Waals surface area contributed by atoms with E-state index in [1.54, 1.807) is 9.80 Å². The molecule has 0 aliphatic carbocycles. The molecule has 52 heavy (non-hydrogen) atoms. The van der Waals surface area contributed by atoms with Gasteiger partial charge in [0.25, 0.3) is 0 Å². The Labute approximate surface area is 304 Å². The average Bonchev–Trinajstić information content (AvgIpc) is 3.88. The number of imidazole rings is 2. The molecule has 4 atom stereocenters. The lowest BCUT2D eigenvalue weighted by Gasteiger charge is -2.45. The predicted molar refractivity (Wildman–Crippen MR) is 201 cm³/mol. The molecule has 0 unspecified atom stereocenters. The smallest absolute Gasteiger partial charge is 0.410 e. The number of hydrogen-bond acceptors (Lipinski definition) is 6. The molecule has 2 fully saturated rings. The predicted octanol–water partition coefficient (Wildman–Crippen LogP) is 9.26. The Morgan fingerprint density at radius 3 is 2.04 bits per heavy atom. The highest BCUT2D eigenvalue weighted by Crippen LogP contribution is 2.52. The lowest BCUT2D eigenvalue weighted by atomic mass is 9.70. The summed E-state index contributed by atoms with van der Waals surface area (Å²) in [6.07, 6.45) is 3.94. The molecule has 3 aromatic heterocycles. The molecule has 5 heterocycles. The number of carbonyl (C=O) groups is 2. The molecular formula is C41H49N7O4. The van der Waals surface area contributed by atoms with Gasteiger partial charge in [0.15, 0.2) is 5.65 Å². The van der Waals surface area contributed by atoms with Gasteiger partial charge in [0.05, 0.1) is 23.4 Å². The van der Waals surface area contributed by atoms with E-state index in [1.807, 2.05) is 33.2 Å². The normalized spacial score (nSPS) is 22.3. The molecule has 11 nitrogen and oxygen atoms in total. The third-order valence-corrected chi connectivity index (χ3v) is 10.6. The number of carbonyl (C=O) groups excluding carboxylic acids is 1.